The first-order chi connectivity index (χ1) is 7.32. The Morgan fingerprint density at radius 2 is 2.20 bits per heavy atom. The highest BCUT2D eigenvalue weighted by molar-refractivity contribution is 5.34. The topological polar surface area (TPSA) is 48.1 Å². The number of pyridine rings is 1. The van der Waals surface area contributed by atoms with Crippen LogP contribution in [0.1, 0.15) is 31.4 Å². The number of aromatic nitrogens is 1. The number of hydrogen-bond donors (Lipinski definition) is 1. The first-order valence-electron chi connectivity index (χ1n) is 5.52. The molecule has 0 bridgehead atoms. The van der Waals surface area contributed by atoms with Crippen LogP contribution in [0.2, 0.25) is 0 Å². The van der Waals surface area contributed by atoms with Gasteiger partial charge in [0.1, 0.15) is 5.75 Å². The summed E-state index contributed by atoms with van der Waals surface area (Å²) in [5.74, 6) is 0.879. The van der Waals surface area contributed by atoms with Gasteiger partial charge in [0, 0.05) is 18.2 Å². The quantitative estimate of drug-likeness (QED) is 0.821. The number of hydrogen-bond acceptors (Lipinski definition) is 3. The largest absolute Gasteiger partial charge is 0.495 e. The van der Waals surface area contributed by atoms with Crippen LogP contribution in [-0.2, 0) is 5.41 Å². The fourth-order valence-corrected chi connectivity index (χ4v) is 2.54. The molecule has 0 aromatic carbocycles. The second-order valence-corrected chi connectivity index (χ2v) is 4.25. The molecule has 0 atom stereocenters. The molecule has 0 spiro atoms. The van der Waals surface area contributed by atoms with Crippen molar-refractivity contribution in [2.24, 2.45) is 5.73 Å². The van der Waals surface area contributed by atoms with E-state index in [1.165, 1.54) is 12.8 Å². The SMILES string of the molecule is COc1cccnc1C1(CN)CCCC1. The summed E-state index contributed by atoms with van der Waals surface area (Å²) in [5.41, 5.74) is 7.04. The van der Waals surface area contributed by atoms with Gasteiger partial charge in [-0.05, 0) is 25.0 Å². The number of methoxy groups -OCH3 is 1. The molecule has 0 radical (unpaired) electrons. The molecule has 1 aromatic rings. The molecule has 0 unspecified atom stereocenters. The average Bonchev–Trinajstić information content (AvgIpc) is 2.79. The van der Waals surface area contributed by atoms with E-state index in [9.17, 15) is 0 Å². The van der Waals surface area contributed by atoms with Crippen LogP contribution in [0.15, 0.2) is 18.3 Å². The van der Waals surface area contributed by atoms with Crippen molar-refractivity contribution in [2.75, 3.05) is 13.7 Å². The maximum Gasteiger partial charge on any atom is 0.140 e. The van der Waals surface area contributed by atoms with Crippen molar-refractivity contribution in [3.05, 3.63) is 24.0 Å². The lowest BCUT2D eigenvalue weighted by Crippen LogP contribution is -2.33. The third kappa shape index (κ3) is 1.72. The molecule has 2 rings (SSSR count). The smallest absolute Gasteiger partial charge is 0.140 e. The van der Waals surface area contributed by atoms with E-state index in [0.717, 1.165) is 24.3 Å². The van der Waals surface area contributed by atoms with Crippen molar-refractivity contribution in [3.63, 3.8) is 0 Å². The lowest BCUT2D eigenvalue weighted by atomic mass is 9.82. The van der Waals surface area contributed by atoms with Gasteiger partial charge >= 0.3 is 0 Å². The van der Waals surface area contributed by atoms with Gasteiger partial charge < -0.3 is 10.5 Å². The monoisotopic (exact) mass is 206 g/mol. The maximum absolute atomic E-state index is 5.93. The standard InChI is InChI=1S/C12H18N2O/c1-15-10-5-4-8-14-11(10)12(9-13)6-2-3-7-12/h4-5,8H,2-3,6-7,9,13H2,1H3. The van der Waals surface area contributed by atoms with Gasteiger partial charge in [0.15, 0.2) is 0 Å². The first kappa shape index (κ1) is 10.4. The molecule has 3 heteroatoms. The molecule has 82 valence electrons. The Hall–Kier alpha value is -1.09. The molecular formula is C12H18N2O. The third-order valence-electron chi connectivity index (χ3n) is 3.44. The second kappa shape index (κ2) is 4.19. The van der Waals surface area contributed by atoms with Gasteiger partial charge in [-0.1, -0.05) is 12.8 Å². The van der Waals surface area contributed by atoms with Crippen LogP contribution < -0.4 is 10.5 Å². The van der Waals surface area contributed by atoms with Crippen LogP contribution >= 0.6 is 0 Å². The van der Waals surface area contributed by atoms with Crippen LogP contribution in [0.4, 0.5) is 0 Å². The van der Waals surface area contributed by atoms with Gasteiger partial charge in [-0.3, -0.25) is 4.98 Å². The van der Waals surface area contributed by atoms with Gasteiger partial charge in [-0.25, -0.2) is 0 Å². The van der Waals surface area contributed by atoms with Crippen molar-refractivity contribution >= 4 is 0 Å². The fraction of sp³-hybridized carbons (Fsp3) is 0.583. The van der Waals surface area contributed by atoms with Crippen LogP contribution in [-0.4, -0.2) is 18.6 Å². The molecule has 0 amide bonds. The van der Waals surface area contributed by atoms with E-state index >= 15 is 0 Å². The van der Waals surface area contributed by atoms with Gasteiger partial charge in [0.25, 0.3) is 0 Å². The minimum Gasteiger partial charge on any atom is -0.495 e. The van der Waals surface area contributed by atoms with E-state index < -0.39 is 0 Å². The molecule has 3 nitrogen and oxygen atoms in total. The van der Waals surface area contributed by atoms with Gasteiger partial charge in [-0.2, -0.15) is 0 Å². The van der Waals surface area contributed by atoms with Crippen LogP contribution in [0.3, 0.4) is 0 Å². The summed E-state index contributed by atoms with van der Waals surface area (Å²) in [5, 5.41) is 0. The minimum atomic E-state index is 0.0621. The molecule has 0 aliphatic heterocycles. The fourth-order valence-electron chi connectivity index (χ4n) is 2.54. The van der Waals surface area contributed by atoms with Gasteiger partial charge in [0.2, 0.25) is 0 Å². The molecule has 1 aliphatic rings. The highest BCUT2D eigenvalue weighted by Crippen LogP contribution is 2.42. The van der Waals surface area contributed by atoms with E-state index in [1.807, 2.05) is 18.3 Å². The molecule has 1 aromatic heterocycles. The van der Waals surface area contributed by atoms with E-state index in [0.29, 0.717) is 6.54 Å². The summed E-state index contributed by atoms with van der Waals surface area (Å²) < 4.78 is 5.37. The van der Waals surface area contributed by atoms with E-state index in [-0.39, 0.29) is 5.41 Å². The van der Waals surface area contributed by atoms with Crippen LogP contribution in [0, 0.1) is 0 Å². The molecule has 15 heavy (non-hydrogen) atoms. The molecular weight excluding hydrogens is 188 g/mol. The van der Waals surface area contributed by atoms with Crippen LogP contribution in [0.25, 0.3) is 0 Å². The highest BCUT2D eigenvalue weighted by Gasteiger charge is 2.37. The molecule has 0 saturated heterocycles. The van der Waals surface area contributed by atoms with Crippen molar-refractivity contribution in [1.82, 2.24) is 4.98 Å². The number of rotatable bonds is 3. The second-order valence-electron chi connectivity index (χ2n) is 4.25. The lowest BCUT2D eigenvalue weighted by molar-refractivity contribution is 0.369. The zero-order valence-electron chi connectivity index (χ0n) is 9.20. The van der Waals surface area contributed by atoms with E-state index in [1.54, 1.807) is 7.11 Å². The zero-order valence-corrected chi connectivity index (χ0v) is 9.20. The van der Waals surface area contributed by atoms with E-state index in [4.69, 9.17) is 10.5 Å². The molecule has 1 saturated carbocycles. The minimum absolute atomic E-state index is 0.0621. The maximum atomic E-state index is 5.93. The molecule has 2 N–H and O–H groups in total. The Bertz CT molecular complexity index is 332. The predicted molar refractivity (Wildman–Crippen MR) is 60.0 cm³/mol. The van der Waals surface area contributed by atoms with Crippen molar-refractivity contribution in [1.29, 1.82) is 0 Å². The summed E-state index contributed by atoms with van der Waals surface area (Å²) in [7, 11) is 1.69. The predicted octanol–water partition coefficient (Wildman–Crippen LogP) is 1.86. The Labute approximate surface area is 90.7 Å². The summed E-state index contributed by atoms with van der Waals surface area (Å²) in [4.78, 5) is 4.47. The summed E-state index contributed by atoms with van der Waals surface area (Å²) >= 11 is 0. The molecule has 1 aliphatic carbocycles. The van der Waals surface area contributed by atoms with Gasteiger partial charge in [0.05, 0.1) is 12.8 Å². The molecule has 1 fully saturated rings. The zero-order chi connectivity index (χ0) is 10.7. The Balaban J connectivity index is 2.41. The van der Waals surface area contributed by atoms with Crippen molar-refractivity contribution < 1.29 is 4.74 Å². The normalized spacial score (nSPS) is 19.1. The van der Waals surface area contributed by atoms with Crippen molar-refractivity contribution in [2.45, 2.75) is 31.1 Å². The van der Waals surface area contributed by atoms with E-state index in [2.05, 4.69) is 4.98 Å². The van der Waals surface area contributed by atoms with Gasteiger partial charge in [-0.15, -0.1) is 0 Å². The number of nitrogens with zero attached hydrogens (tertiary/aromatic N) is 1. The Morgan fingerprint density at radius 3 is 2.80 bits per heavy atom. The Morgan fingerprint density at radius 1 is 1.47 bits per heavy atom. The number of ether oxygens (including phenoxy) is 1. The van der Waals surface area contributed by atoms with Crippen molar-refractivity contribution in [3.8, 4) is 5.75 Å². The summed E-state index contributed by atoms with van der Waals surface area (Å²) in [6.45, 7) is 0.667. The van der Waals surface area contributed by atoms with Crippen LogP contribution in [0.5, 0.6) is 5.75 Å². The summed E-state index contributed by atoms with van der Waals surface area (Å²) in [6.07, 6.45) is 6.59. The molecule has 1 heterocycles. The Kier molecular flexibility index (Phi) is 2.91. The first-order valence-corrected chi connectivity index (χ1v) is 5.52. The average molecular weight is 206 g/mol. The lowest BCUT2D eigenvalue weighted by Gasteiger charge is -2.27. The number of nitrogens with two attached hydrogens (primary N) is 1. The third-order valence-corrected chi connectivity index (χ3v) is 3.44. The highest BCUT2D eigenvalue weighted by atomic mass is 16.5. The summed E-state index contributed by atoms with van der Waals surface area (Å²) in [6, 6.07) is 3.87.